The van der Waals surface area contributed by atoms with Crippen molar-refractivity contribution in [2.24, 2.45) is 11.8 Å². The van der Waals surface area contributed by atoms with E-state index >= 15 is 0 Å². The molecule has 0 spiro atoms. The van der Waals surface area contributed by atoms with Gasteiger partial charge < -0.3 is 9.88 Å². The molecule has 3 aromatic rings. The van der Waals surface area contributed by atoms with E-state index < -0.39 is 0 Å². The summed E-state index contributed by atoms with van der Waals surface area (Å²) in [6.07, 6.45) is 4.90. The van der Waals surface area contributed by atoms with E-state index in [9.17, 15) is 14.0 Å². The number of hydrogen-bond acceptors (Lipinski definition) is 3. The van der Waals surface area contributed by atoms with Crippen LogP contribution in [0.25, 0.3) is 10.8 Å². The Morgan fingerprint density at radius 1 is 1.19 bits per heavy atom. The number of hydrogen-bond donors (Lipinski definition) is 1. The highest BCUT2D eigenvalue weighted by Gasteiger charge is 2.28. The summed E-state index contributed by atoms with van der Waals surface area (Å²) in [6.45, 7) is 8.38. The van der Waals surface area contributed by atoms with Crippen molar-refractivity contribution < 1.29 is 9.18 Å². The van der Waals surface area contributed by atoms with Crippen molar-refractivity contribution in [2.75, 3.05) is 0 Å². The first kappa shape index (κ1) is 22.2. The lowest BCUT2D eigenvalue weighted by Gasteiger charge is -2.34. The molecule has 0 bridgehead atoms. The van der Waals surface area contributed by atoms with Gasteiger partial charge >= 0.3 is 0 Å². The number of aromatic nitrogens is 3. The molecule has 0 radical (unpaired) electrons. The smallest absolute Gasteiger partial charge is 0.276 e. The predicted molar refractivity (Wildman–Crippen MR) is 123 cm³/mol. The zero-order chi connectivity index (χ0) is 23.0. The first-order valence-electron chi connectivity index (χ1n) is 11.4. The molecule has 2 heterocycles. The Hall–Kier alpha value is -2.96. The quantitative estimate of drug-likeness (QED) is 0.656. The maximum absolute atomic E-state index is 14.2. The number of rotatable bonds is 5. The number of carbonyl (C=O) groups excluding carboxylic acids is 1. The number of benzene rings is 1. The van der Waals surface area contributed by atoms with Gasteiger partial charge in [-0.25, -0.2) is 9.07 Å². The molecule has 1 N–H and O–H groups in total. The van der Waals surface area contributed by atoms with E-state index in [1.54, 1.807) is 24.4 Å². The molecule has 6 nitrogen and oxygen atoms in total. The molecule has 1 aromatic carbocycles. The Balaban J connectivity index is 1.60. The van der Waals surface area contributed by atoms with Gasteiger partial charge in [0, 0.05) is 28.4 Å². The third-order valence-electron chi connectivity index (χ3n) is 7.24. The van der Waals surface area contributed by atoms with Crippen molar-refractivity contribution in [3.63, 3.8) is 0 Å². The van der Waals surface area contributed by atoms with Crippen LogP contribution in [0.3, 0.4) is 0 Å². The van der Waals surface area contributed by atoms with Gasteiger partial charge in [-0.15, -0.1) is 0 Å². The highest BCUT2D eigenvalue weighted by Crippen LogP contribution is 2.29. The molecule has 2 aromatic heterocycles. The highest BCUT2D eigenvalue weighted by molar-refractivity contribution is 5.87. The molecule has 170 valence electrons. The SMILES string of the molecule is Cc1c2cnn(CC(=O)N[C@@H]3CCC[C@@H](C)[C@@H]3C)c(=O)c2c(C)n1Cc1ccccc1F. The molecule has 0 saturated heterocycles. The highest BCUT2D eigenvalue weighted by atomic mass is 19.1. The van der Waals surface area contributed by atoms with Gasteiger partial charge in [0.05, 0.1) is 18.1 Å². The number of halogens is 1. The number of amides is 1. The van der Waals surface area contributed by atoms with E-state index in [1.807, 2.05) is 18.4 Å². The summed E-state index contributed by atoms with van der Waals surface area (Å²) < 4.78 is 17.4. The Labute approximate surface area is 187 Å². The van der Waals surface area contributed by atoms with Crippen LogP contribution in [0.15, 0.2) is 35.3 Å². The molecule has 1 aliphatic rings. The van der Waals surface area contributed by atoms with Crippen LogP contribution in [0, 0.1) is 31.5 Å². The van der Waals surface area contributed by atoms with Gasteiger partial charge in [-0.05, 0) is 38.2 Å². The second kappa shape index (κ2) is 8.88. The van der Waals surface area contributed by atoms with Gasteiger partial charge in [0.15, 0.2) is 0 Å². The molecule has 4 rings (SSSR count). The maximum atomic E-state index is 14.2. The van der Waals surface area contributed by atoms with Crippen molar-refractivity contribution in [2.45, 2.75) is 66.1 Å². The average molecular weight is 439 g/mol. The molecule has 1 fully saturated rings. The number of nitrogens with zero attached hydrogens (tertiary/aromatic N) is 3. The molecule has 7 heteroatoms. The molecule has 32 heavy (non-hydrogen) atoms. The molecule has 0 aliphatic heterocycles. The fraction of sp³-hybridized carbons (Fsp3) is 0.480. The van der Waals surface area contributed by atoms with E-state index in [2.05, 4.69) is 24.3 Å². The zero-order valence-corrected chi connectivity index (χ0v) is 19.2. The van der Waals surface area contributed by atoms with Crippen molar-refractivity contribution in [1.82, 2.24) is 19.7 Å². The Kier molecular flexibility index (Phi) is 6.17. The Bertz CT molecular complexity index is 1210. The van der Waals surface area contributed by atoms with Crippen molar-refractivity contribution >= 4 is 16.7 Å². The average Bonchev–Trinajstić information content (AvgIpc) is 3.00. The summed E-state index contributed by atoms with van der Waals surface area (Å²) >= 11 is 0. The molecular weight excluding hydrogens is 407 g/mol. The zero-order valence-electron chi connectivity index (χ0n) is 19.2. The molecule has 0 unspecified atom stereocenters. The first-order valence-corrected chi connectivity index (χ1v) is 11.4. The predicted octanol–water partition coefficient (Wildman–Crippen LogP) is 3.94. The topological polar surface area (TPSA) is 68.9 Å². The normalized spacial score (nSPS) is 21.1. The summed E-state index contributed by atoms with van der Waals surface area (Å²) in [5, 5.41) is 8.64. The molecule has 1 amide bonds. The van der Waals surface area contributed by atoms with Crippen LogP contribution in [0.5, 0.6) is 0 Å². The fourth-order valence-electron chi connectivity index (χ4n) is 4.97. The van der Waals surface area contributed by atoms with E-state index in [1.165, 1.54) is 17.2 Å². The van der Waals surface area contributed by atoms with E-state index in [4.69, 9.17) is 0 Å². The lowest BCUT2D eigenvalue weighted by molar-refractivity contribution is -0.123. The van der Waals surface area contributed by atoms with Crippen LogP contribution in [0.1, 0.15) is 50.1 Å². The van der Waals surface area contributed by atoms with E-state index in [0.29, 0.717) is 29.3 Å². The first-order chi connectivity index (χ1) is 15.3. The second-order valence-electron chi connectivity index (χ2n) is 9.19. The minimum atomic E-state index is -0.296. The van der Waals surface area contributed by atoms with Crippen LogP contribution < -0.4 is 10.9 Å². The van der Waals surface area contributed by atoms with Crippen molar-refractivity contribution in [3.8, 4) is 0 Å². The Morgan fingerprint density at radius 3 is 2.69 bits per heavy atom. The summed E-state index contributed by atoms with van der Waals surface area (Å²) in [7, 11) is 0. The van der Waals surface area contributed by atoms with Crippen LogP contribution >= 0.6 is 0 Å². The maximum Gasteiger partial charge on any atom is 0.276 e. The van der Waals surface area contributed by atoms with Gasteiger partial charge in [-0.2, -0.15) is 5.10 Å². The van der Waals surface area contributed by atoms with E-state index in [0.717, 1.165) is 29.6 Å². The summed E-state index contributed by atoms with van der Waals surface area (Å²) in [5.41, 5.74) is 1.86. The van der Waals surface area contributed by atoms with Crippen molar-refractivity contribution in [3.05, 3.63) is 63.6 Å². The van der Waals surface area contributed by atoms with Gasteiger partial charge in [0.2, 0.25) is 5.91 Å². The van der Waals surface area contributed by atoms with Crippen LogP contribution in [-0.2, 0) is 17.9 Å². The third-order valence-corrected chi connectivity index (χ3v) is 7.24. The third kappa shape index (κ3) is 4.08. The number of aryl methyl sites for hydroxylation is 2. The fourth-order valence-corrected chi connectivity index (χ4v) is 4.97. The standard InChI is InChI=1S/C25H31FN4O2/c1-15-8-7-11-22(16(15)2)28-23(31)14-30-25(32)24-18(4)29(17(3)20(24)12-27-30)13-19-9-5-6-10-21(19)26/h5-6,9-10,12,15-16,22H,7-8,11,13-14H2,1-4H3,(H,28,31)/t15-,16+,22-/m1/s1. The molecule has 1 aliphatic carbocycles. The number of fused-ring (bicyclic) bond motifs is 1. The van der Waals surface area contributed by atoms with Gasteiger partial charge in [-0.3, -0.25) is 9.59 Å². The van der Waals surface area contributed by atoms with Gasteiger partial charge in [-0.1, -0.05) is 44.9 Å². The van der Waals surface area contributed by atoms with Gasteiger partial charge in [0.1, 0.15) is 12.4 Å². The minimum absolute atomic E-state index is 0.108. The lowest BCUT2D eigenvalue weighted by Crippen LogP contribution is -2.45. The second-order valence-corrected chi connectivity index (χ2v) is 9.19. The van der Waals surface area contributed by atoms with Crippen molar-refractivity contribution in [1.29, 1.82) is 0 Å². The monoisotopic (exact) mass is 438 g/mol. The lowest BCUT2D eigenvalue weighted by atomic mass is 9.78. The Morgan fingerprint density at radius 2 is 1.94 bits per heavy atom. The van der Waals surface area contributed by atoms with Crippen LogP contribution in [-0.4, -0.2) is 26.3 Å². The summed E-state index contributed by atoms with van der Waals surface area (Å²) in [6, 6.07) is 6.77. The molecule has 1 saturated carbocycles. The van der Waals surface area contributed by atoms with Crippen LogP contribution in [0.2, 0.25) is 0 Å². The summed E-state index contributed by atoms with van der Waals surface area (Å²) in [4.78, 5) is 25.9. The summed E-state index contributed by atoms with van der Waals surface area (Å²) in [5.74, 6) is 0.524. The molecule has 3 atom stereocenters. The van der Waals surface area contributed by atoms with Crippen LogP contribution in [0.4, 0.5) is 4.39 Å². The number of nitrogens with one attached hydrogen (secondary N) is 1. The largest absolute Gasteiger partial charge is 0.351 e. The van der Waals surface area contributed by atoms with E-state index in [-0.39, 0.29) is 29.9 Å². The molecular formula is C25H31FN4O2. The number of carbonyl (C=O) groups is 1. The van der Waals surface area contributed by atoms with Gasteiger partial charge in [0.25, 0.3) is 5.56 Å². The minimum Gasteiger partial charge on any atom is -0.351 e.